The van der Waals surface area contributed by atoms with E-state index in [1.807, 2.05) is 41.7 Å². The van der Waals surface area contributed by atoms with Gasteiger partial charge in [-0.1, -0.05) is 43.5 Å². The fourth-order valence-electron chi connectivity index (χ4n) is 3.57. The first kappa shape index (κ1) is 17.5. The van der Waals surface area contributed by atoms with E-state index in [1.54, 1.807) is 0 Å². The van der Waals surface area contributed by atoms with Crippen molar-refractivity contribution in [2.45, 2.75) is 43.6 Å². The molecule has 0 bridgehead atoms. The Labute approximate surface area is 148 Å². The average Bonchev–Trinajstić information content (AvgIpc) is 3.17. The van der Waals surface area contributed by atoms with Crippen LogP contribution in [0.25, 0.3) is 0 Å². The number of hydrogen-bond donors (Lipinski definition) is 2. The number of aliphatic hydroxyl groups is 1. The van der Waals surface area contributed by atoms with Crippen molar-refractivity contribution in [2.75, 3.05) is 19.7 Å². The minimum atomic E-state index is -0.491. The van der Waals surface area contributed by atoms with Crippen molar-refractivity contribution in [2.24, 2.45) is 0 Å². The average molecular weight is 346 g/mol. The maximum Gasteiger partial charge on any atom is 0.119 e. The van der Waals surface area contributed by atoms with E-state index in [9.17, 15) is 5.11 Å². The lowest BCUT2D eigenvalue weighted by molar-refractivity contribution is 0.103. The minimum Gasteiger partial charge on any atom is -0.491 e. The minimum absolute atomic E-state index is 0.256. The van der Waals surface area contributed by atoms with E-state index >= 15 is 0 Å². The van der Waals surface area contributed by atoms with E-state index in [0.717, 1.165) is 12.3 Å². The fraction of sp³-hybridized carbons (Fsp3) is 0.500. The summed E-state index contributed by atoms with van der Waals surface area (Å²) in [6, 6.07) is 14.1. The van der Waals surface area contributed by atoms with Crippen LogP contribution in [-0.4, -0.2) is 30.9 Å². The van der Waals surface area contributed by atoms with Crippen LogP contribution in [0, 0.1) is 0 Å². The Balaban J connectivity index is 1.47. The van der Waals surface area contributed by atoms with E-state index in [4.69, 9.17) is 4.74 Å². The van der Waals surface area contributed by atoms with Gasteiger partial charge >= 0.3 is 0 Å². The second-order valence-electron chi connectivity index (χ2n) is 6.73. The Hall–Kier alpha value is -1.36. The van der Waals surface area contributed by atoms with Gasteiger partial charge in [0.2, 0.25) is 0 Å². The molecule has 0 aliphatic heterocycles. The summed E-state index contributed by atoms with van der Waals surface area (Å²) in [6.07, 6.45) is 5.96. The summed E-state index contributed by atoms with van der Waals surface area (Å²) in [5.41, 5.74) is 0.256. The number of rotatable bonds is 8. The number of ether oxygens (including phenoxy) is 1. The SMILES string of the molecule is OC(CNCC1(c2cccs2)CCCCC1)COc1ccccc1. The second kappa shape index (κ2) is 8.65. The molecular formula is C20H27NO2S. The molecule has 1 saturated carbocycles. The topological polar surface area (TPSA) is 41.5 Å². The summed E-state index contributed by atoms with van der Waals surface area (Å²) in [5, 5.41) is 15.8. The van der Waals surface area contributed by atoms with Crippen molar-refractivity contribution in [3.63, 3.8) is 0 Å². The molecular weight excluding hydrogens is 318 g/mol. The molecule has 0 saturated heterocycles. The maximum atomic E-state index is 10.2. The molecule has 130 valence electrons. The summed E-state index contributed by atoms with van der Waals surface area (Å²) in [7, 11) is 0. The first-order valence-electron chi connectivity index (χ1n) is 8.89. The third-order valence-electron chi connectivity index (χ3n) is 4.88. The molecule has 0 amide bonds. The highest BCUT2D eigenvalue weighted by Crippen LogP contribution is 2.41. The first-order chi connectivity index (χ1) is 11.8. The number of thiophene rings is 1. The van der Waals surface area contributed by atoms with Gasteiger partial charge in [0.15, 0.2) is 0 Å². The molecule has 0 spiro atoms. The fourth-order valence-corrected chi connectivity index (χ4v) is 4.55. The van der Waals surface area contributed by atoms with Gasteiger partial charge in [-0.15, -0.1) is 11.3 Å². The summed E-state index contributed by atoms with van der Waals surface area (Å²) < 4.78 is 5.62. The normalized spacial score (nSPS) is 18.2. The van der Waals surface area contributed by atoms with Gasteiger partial charge < -0.3 is 15.2 Å². The van der Waals surface area contributed by atoms with Crippen molar-refractivity contribution >= 4 is 11.3 Å². The maximum absolute atomic E-state index is 10.2. The van der Waals surface area contributed by atoms with Crippen LogP contribution >= 0.6 is 11.3 Å². The Morgan fingerprint density at radius 1 is 1.08 bits per heavy atom. The zero-order valence-electron chi connectivity index (χ0n) is 14.1. The molecule has 1 aromatic heterocycles. The van der Waals surface area contributed by atoms with Gasteiger partial charge in [0.1, 0.15) is 18.5 Å². The third kappa shape index (κ3) is 4.59. The first-order valence-corrected chi connectivity index (χ1v) is 9.77. The zero-order chi connectivity index (χ0) is 16.7. The standard InChI is InChI=1S/C20H27NO2S/c22-17(15-23-18-8-3-1-4-9-18)14-21-16-20(11-5-2-6-12-20)19-10-7-13-24-19/h1,3-4,7-10,13,17,21-22H,2,5-6,11-12,14-16H2. The monoisotopic (exact) mass is 345 g/mol. The van der Waals surface area contributed by atoms with Crippen LogP contribution in [0.3, 0.4) is 0 Å². The Morgan fingerprint density at radius 2 is 1.88 bits per heavy atom. The van der Waals surface area contributed by atoms with Gasteiger partial charge in [-0.3, -0.25) is 0 Å². The molecule has 1 aliphatic carbocycles. The third-order valence-corrected chi connectivity index (χ3v) is 6.00. The summed E-state index contributed by atoms with van der Waals surface area (Å²) >= 11 is 1.87. The zero-order valence-corrected chi connectivity index (χ0v) is 14.9. The number of aliphatic hydroxyl groups excluding tert-OH is 1. The molecule has 24 heavy (non-hydrogen) atoms. The lowest BCUT2D eigenvalue weighted by Gasteiger charge is -2.37. The van der Waals surface area contributed by atoms with Gasteiger partial charge in [0, 0.05) is 23.4 Å². The van der Waals surface area contributed by atoms with Gasteiger partial charge in [0.05, 0.1) is 0 Å². The van der Waals surface area contributed by atoms with Crippen molar-refractivity contribution in [3.05, 3.63) is 52.7 Å². The van der Waals surface area contributed by atoms with Crippen LogP contribution in [0.5, 0.6) is 5.75 Å². The number of benzene rings is 1. The molecule has 1 atom stereocenters. The van der Waals surface area contributed by atoms with E-state index in [2.05, 4.69) is 22.8 Å². The number of hydrogen-bond acceptors (Lipinski definition) is 4. The van der Waals surface area contributed by atoms with Crippen molar-refractivity contribution in [1.82, 2.24) is 5.32 Å². The summed E-state index contributed by atoms with van der Waals surface area (Å²) in [6.45, 7) is 1.83. The van der Waals surface area contributed by atoms with Gasteiger partial charge in [0.25, 0.3) is 0 Å². The molecule has 1 aliphatic rings. The largest absolute Gasteiger partial charge is 0.491 e. The molecule has 2 aromatic rings. The van der Waals surface area contributed by atoms with Crippen LogP contribution in [0.2, 0.25) is 0 Å². The van der Waals surface area contributed by atoms with Crippen molar-refractivity contribution < 1.29 is 9.84 Å². The highest BCUT2D eigenvalue weighted by molar-refractivity contribution is 7.10. The van der Waals surface area contributed by atoms with Crippen LogP contribution in [-0.2, 0) is 5.41 Å². The molecule has 0 radical (unpaired) electrons. The lowest BCUT2D eigenvalue weighted by Crippen LogP contribution is -2.42. The van der Waals surface area contributed by atoms with Crippen LogP contribution in [0.15, 0.2) is 47.8 Å². The molecule has 2 N–H and O–H groups in total. The Bertz CT molecular complexity index is 579. The van der Waals surface area contributed by atoms with Gasteiger partial charge in [-0.25, -0.2) is 0 Å². The van der Waals surface area contributed by atoms with Crippen LogP contribution < -0.4 is 10.1 Å². The summed E-state index contributed by atoms with van der Waals surface area (Å²) in [4.78, 5) is 1.49. The van der Waals surface area contributed by atoms with E-state index < -0.39 is 6.10 Å². The lowest BCUT2D eigenvalue weighted by atomic mass is 9.73. The van der Waals surface area contributed by atoms with E-state index in [0.29, 0.717) is 13.2 Å². The Morgan fingerprint density at radius 3 is 2.58 bits per heavy atom. The molecule has 3 nitrogen and oxygen atoms in total. The van der Waals surface area contributed by atoms with Crippen molar-refractivity contribution in [1.29, 1.82) is 0 Å². The van der Waals surface area contributed by atoms with E-state index in [-0.39, 0.29) is 5.41 Å². The highest BCUT2D eigenvalue weighted by Gasteiger charge is 2.34. The molecule has 1 aromatic carbocycles. The van der Waals surface area contributed by atoms with Gasteiger partial charge in [-0.2, -0.15) is 0 Å². The molecule has 3 rings (SSSR count). The number of nitrogens with one attached hydrogen (secondary N) is 1. The van der Waals surface area contributed by atoms with Crippen LogP contribution in [0.1, 0.15) is 37.0 Å². The van der Waals surface area contributed by atoms with Crippen LogP contribution in [0.4, 0.5) is 0 Å². The molecule has 1 fully saturated rings. The quantitative estimate of drug-likeness (QED) is 0.760. The summed E-state index contributed by atoms with van der Waals surface area (Å²) in [5.74, 6) is 0.805. The molecule has 1 unspecified atom stereocenters. The predicted octanol–water partition coefficient (Wildman–Crippen LogP) is 3.98. The highest BCUT2D eigenvalue weighted by atomic mass is 32.1. The predicted molar refractivity (Wildman–Crippen MR) is 99.9 cm³/mol. The Kier molecular flexibility index (Phi) is 6.30. The molecule has 1 heterocycles. The second-order valence-corrected chi connectivity index (χ2v) is 7.67. The number of para-hydroxylation sites is 1. The molecule has 4 heteroatoms. The van der Waals surface area contributed by atoms with E-state index in [1.165, 1.54) is 37.0 Å². The van der Waals surface area contributed by atoms with Crippen molar-refractivity contribution in [3.8, 4) is 5.75 Å². The smallest absolute Gasteiger partial charge is 0.119 e. The van der Waals surface area contributed by atoms with Gasteiger partial charge in [-0.05, 0) is 36.4 Å².